The molecule has 1 aromatic heterocycles. The van der Waals surface area contributed by atoms with Crippen molar-refractivity contribution in [2.75, 3.05) is 18.9 Å². The zero-order valence-electron chi connectivity index (χ0n) is 11.1. The Bertz CT molecular complexity index is 732. The summed E-state index contributed by atoms with van der Waals surface area (Å²) in [5, 5.41) is 5.72. The fourth-order valence-corrected chi connectivity index (χ4v) is 1.84. The minimum atomic E-state index is -0.713. The number of H-pyrrole nitrogens is 2. The van der Waals surface area contributed by atoms with E-state index in [1.54, 1.807) is 18.2 Å². The number of fused-ring (bicyclic) bond motifs is 1. The number of nitrogens with one attached hydrogen (secondary N) is 4. The van der Waals surface area contributed by atoms with Crippen LogP contribution in [-0.2, 0) is 4.79 Å². The Hall–Kier alpha value is -2.41. The number of anilines is 1. The van der Waals surface area contributed by atoms with E-state index in [9.17, 15) is 14.4 Å². The molecule has 4 N–H and O–H groups in total. The minimum absolute atomic E-state index is 0.0913. The Morgan fingerprint density at radius 2 is 1.85 bits per heavy atom. The summed E-state index contributed by atoms with van der Waals surface area (Å²) in [4.78, 5) is 39.0. The molecule has 0 aliphatic rings. The second-order valence-electron chi connectivity index (χ2n) is 4.42. The third-order valence-corrected chi connectivity index (χ3v) is 2.84. The molecule has 0 saturated carbocycles. The third-order valence-electron chi connectivity index (χ3n) is 2.84. The number of aromatic amines is 2. The first-order valence-electron chi connectivity index (χ1n) is 6.31. The van der Waals surface area contributed by atoms with Gasteiger partial charge in [0.15, 0.2) is 0 Å². The number of aromatic nitrogens is 2. The molecular weight excluding hydrogens is 260 g/mol. The van der Waals surface area contributed by atoms with Gasteiger partial charge in [-0.25, -0.2) is 0 Å². The fraction of sp³-hybridized carbons (Fsp3) is 0.308. The Kier molecular flexibility index (Phi) is 4.31. The van der Waals surface area contributed by atoms with Gasteiger partial charge in [0.05, 0.1) is 11.0 Å². The van der Waals surface area contributed by atoms with E-state index in [4.69, 9.17) is 0 Å². The number of carbonyl (C=O) groups excluding carboxylic acids is 1. The fourth-order valence-electron chi connectivity index (χ4n) is 1.84. The van der Waals surface area contributed by atoms with Crippen LogP contribution in [0.1, 0.15) is 12.8 Å². The van der Waals surface area contributed by atoms with Crippen molar-refractivity contribution >= 4 is 22.6 Å². The Morgan fingerprint density at radius 1 is 1.15 bits per heavy atom. The highest BCUT2D eigenvalue weighted by atomic mass is 16.2. The molecule has 2 rings (SSSR count). The summed E-state index contributed by atoms with van der Waals surface area (Å²) in [5.74, 6) is -0.0913. The van der Waals surface area contributed by atoms with Crippen molar-refractivity contribution in [3.63, 3.8) is 0 Å². The summed E-state index contributed by atoms with van der Waals surface area (Å²) < 4.78 is 0. The van der Waals surface area contributed by atoms with Gasteiger partial charge in [-0.3, -0.25) is 14.4 Å². The zero-order valence-corrected chi connectivity index (χ0v) is 11.1. The Balaban J connectivity index is 2.15. The van der Waals surface area contributed by atoms with E-state index in [1.807, 2.05) is 7.05 Å². The van der Waals surface area contributed by atoms with E-state index in [2.05, 4.69) is 20.6 Å². The van der Waals surface area contributed by atoms with Gasteiger partial charge in [0.1, 0.15) is 0 Å². The van der Waals surface area contributed by atoms with Crippen LogP contribution in [-0.4, -0.2) is 29.5 Å². The summed E-state index contributed by atoms with van der Waals surface area (Å²) in [6.07, 6.45) is 1.17. The molecule has 2 aromatic rings. The summed E-state index contributed by atoms with van der Waals surface area (Å²) in [5.41, 5.74) is 0.163. The smallest absolute Gasteiger partial charge is 0.314 e. The summed E-state index contributed by atoms with van der Waals surface area (Å²) >= 11 is 0. The highest BCUT2D eigenvalue weighted by molar-refractivity contribution is 5.92. The molecule has 1 amide bonds. The molecule has 1 heterocycles. The van der Waals surface area contributed by atoms with Gasteiger partial charge in [0.2, 0.25) is 5.91 Å². The van der Waals surface area contributed by atoms with Gasteiger partial charge >= 0.3 is 11.1 Å². The van der Waals surface area contributed by atoms with Gasteiger partial charge < -0.3 is 20.6 Å². The summed E-state index contributed by atoms with van der Waals surface area (Å²) in [7, 11) is 1.83. The molecule has 20 heavy (non-hydrogen) atoms. The molecule has 0 bridgehead atoms. The van der Waals surface area contributed by atoms with Crippen LogP contribution < -0.4 is 21.8 Å². The number of carbonyl (C=O) groups is 1. The van der Waals surface area contributed by atoms with Crippen LogP contribution in [0, 0.1) is 0 Å². The Labute approximate surface area is 114 Å². The molecule has 0 aliphatic heterocycles. The Morgan fingerprint density at radius 3 is 2.55 bits per heavy atom. The number of hydrogen-bond donors (Lipinski definition) is 4. The van der Waals surface area contributed by atoms with Crippen molar-refractivity contribution in [1.29, 1.82) is 0 Å². The van der Waals surface area contributed by atoms with Crippen molar-refractivity contribution in [2.45, 2.75) is 12.8 Å². The lowest BCUT2D eigenvalue weighted by atomic mass is 10.2. The molecule has 106 valence electrons. The van der Waals surface area contributed by atoms with E-state index in [1.165, 1.54) is 0 Å². The van der Waals surface area contributed by atoms with E-state index in [0.717, 1.165) is 13.0 Å². The van der Waals surface area contributed by atoms with Crippen LogP contribution in [0.15, 0.2) is 27.8 Å². The standard InChI is InChI=1S/C13H16N4O3/c1-14-6-2-3-11(18)15-8-4-5-9-10(7-8)17-13(20)12(19)16-9/h4-5,7,14H,2-3,6H2,1H3,(H,15,18)(H,16,19)(H,17,20). The van der Waals surface area contributed by atoms with Crippen molar-refractivity contribution in [3.8, 4) is 0 Å². The predicted molar refractivity (Wildman–Crippen MR) is 77.0 cm³/mol. The van der Waals surface area contributed by atoms with Crippen molar-refractivity contribution < 1.29 is 4.79 Å². The maximum absolute atomic E-state index is 11.7. The van der Waals surface area contributed by atoms with Gasteiger partial charge in [-0.05, 0) is 38.2 Å². The van der Waals surface area contributed by atoms with Crippen LogP contribution in [0.3, 0.4) is 0 Å². The maximum atomic E-state index is 11.7. The third kappa shape index (κ3) is 3.33. The van der Waals surface area contributed by atoms with Crippen LogP contribution in [0.4, 0.5) is 5.69 Å². The molecule has 0 saturated heterocycles. The first kappa shape index (κ1) is 14.0. The SMILES string of the molecule is CNCCCC(=O)Nc1ccc2[nH]c(=O)c(=O)[nH]c2c1. The average molecular weight is 276 g/mol. The molecule has 0 fully saturated rings. The molecule has 0 atom stereocenters. The number of rotatable bonds is 5. The minimum Gasteiger partial charge on any atom is -0.326 e. The molecule has 0 spiro atoms. The lowest BCUT2D eigenvalue weighted by Crippen LogP contribution is -2.28. The van der Waals surface area contributed by atoms with Crippen LogP contribution in [0.2, 0.25) is 0 Å². The van der Waals surface area contributed by atoms with Crippen LogP contribution >= 0.6 is 0 Å². The topological polar surface area (TPSA) is 107 Å². The summed E-state index contributed by atoms with van der Waals surface area (Å²) in [6, 6.07) is 4.92. The molecule has 0 radical (unpaired) electrons. The van der Waals surface area contributed by atoms with Gasteiger partial charge in [-0.15, -0.1) is 0 Å². The average Bonchev–Trinajstić information content (AvgIpc) is 2.41. The number of hydrogen-bond acceptors (Lipinski definition) is 4. The lowest BCUT2D eigenvalue weighted by Gasteiger charge is -2.06. The quantitative estimate of drug-likeness (QED) is 0.461. The van der Waals surface area contributed by atoms with Gasteiger partial charge in [0.25, 0.3) is 0 Å². The highest BCUT2D eigenvalue weighted by Gasteiger charge is 2.04. The molecule has 1 aromatic carbocycles. The van der Waals surface area contributed by atoms with Crippen molar-refractivity contribution in [1.82, 2.24) is 15.3 Å². The van der Waals surface area contributed by atoms with Crippen molar-refractivity contribution in [2.24, 2.45) is 0 Å². The number of amides is 1. The van der Waals surface area contributed by atoms with Gasteiger partial charge in [0, 0.05) is 12.1 Å². The predicted octanol–water partition coefficient (Wildman–Crippen LogP) is 0.154. The van der Waals surface area contributed by atoms with Crippen molar-refractivity contribution in [3.05, 3.63) is 38.9 Å². The van der Waals surface area contributed by atoms with Gasteiger partial charge in [-0.1, -0.05) is 0 Å². The normalized spacial score (nSPS) is 10.7. The first-order valence-corrected chi connectivity index (χ1v) is 6.31. The molecule has 0 unspecified atom stereocenters. The van der Waals surface area contributed by atoms with Crippen LogP contribution in [0.5, 0.6) is 0 Å². The maximum Gasteiger partial charge on any atom is 0.314 e. The van der Waals surface area contributed by atoms with E-state index < -0.39 is 11.1 Å². The molecule has 7 heteroatoms. The zero-order chi connectivity index (χ0) is 14.5. The second-order valence-corrected chi connectivity index (χ2v) is 4.42. The monoisotopic (exact) mass is 276 g/mol. The second kappa shape index (κ2) is 6.16. The largest absolute Gasteiger partial charge is 0.326 e. The van der Waals surface area contributed by atoms with Crippen LogP contribution in [0.25, 0.3) is 11.0 Å². The molecule has 0 aliphatic carbocycles. The molecular formula is C13H16N4O3. The van der Waals surface area contributed by atoms with E-state index >= 15 is 0 Å². The highest BCUT2D eigenvalue weighted by Crippen LogP contribution is 2.14. The first-order chi connectivity index (χ1) is 9.60. The van der Waals surface area contributed by atoms with E-state index in [-0.39, 0.29) is 5.91 Å². The molecule has 7 nitrogen and oxygen atoms in total. The van der Waals surface area contributed by atoms with Gasteiger partial charge in [-0.2, -0.15) is 0 Å². The van der Waals surface area contributed by atoms with E-state index in [0.29, 0.717) is 23.1 Å². The lowest BCUT2D eigenvalue weighted by molar-refractivity contribution is -0.116. The summed E-state index contributed by atoms with van der Waals surface area (Å²) in [6.45, 7) is 0.777. The number of benzene rings is 1.